The van der Waals surface area contributed by atoms with E-state index in [0.29, 0.717) is 6.04 Å². The van der Waals surface area contributed by atoms with Gasteiger partial charge in [-0.1, -0.05) is 12.1 Å². The summed E-state index contributed by atoms with van der Waals surface area (Å²) >= 11 is 1.76. The minimum Gasteiger partial charge on any atom is -0.313 e. The fraction of sp³-hybridized carbons (Fsp3) is 0.286. The van der Waals surface area contributed by atoms with E-state index in [4.69, 9.17) is 0 Å². The molecule has 2 rings (SSSR count). The van der Waals surface area contributed by atoms with Gasteiger partial charge < -0.3 is 5.32 Å². The van der Waals surface area contributed by atoms with Crippen LogP contribution in [-0.2, 0) is 5.75 Å². The minimum absolute atomic E-state index is 0.374. The molecule has 2 aromatic rings. The van der Waals surface area contributed by atoms with Crippen molar-refractivity contribution in [2.45, 2.75) is 23.6 Å². The van der Waals surface area contributed by atoms with E-state index in [1.165, 1.54) is 10.5 Å². The van der Waals surface area contributed by atoms with Crippen molar-refractivity contribution in [3.63, 3.8) is 0 Å². The maximum Gasteiger partial charge on any atom is 0.138 e. The summed E-state index contributed by atoms with van der Waals surface area (Å²) in [7, 11) is 1.97. The molecule has 18 heavy (non-hydrogen) atoms. The highest BCUT2D eigenvalue weighted by Gasteiger charge is 2.04. The summed E-state index contributed by atoms with van der Waals surface area (Å²) in [5.41, 5.74) is 1.30. The van der Waals surface area contributed by atoms with Gasteiger partial charge >= 0.3 is 0 Å². The maximum absolute atomic E-state index is 4.22. The van der Waals surface area contributed by atoms with Crippen LogP contribution in [0.25, 0.3) is 0 Å². The van der Waals surface area contributed by atoms with Crippen molar-refractivity contribution in [1.29, 1.82) is 0 Å². The molecule has 4 heteroatoms. The lowest BCUT2D eigenvalue weighted by Crippen LogP contribution is -2.11. The first-order valence-electron chi connectivity index (χ1n) is 5.95. The number of hydrogen-bond donors (Lipinski definition) is 1. The summed E-state index contributed by atoms with van der Waals surface area (Å²) in [6.07, 6.45) is 3.56. The highest BCUT2D eigenvalue weighted by Crippen LogP contribution is 2.24. The van der Waals surface area contributed by atoms with Gasteiger partial charge in [0.1, 0.15) is 5.82 Å². The predicted molar refractivity (Wildman–Crippen MR) is 75.5 cm³/mol. The zero-order valence-corrected chi connectivity index (χ0v) is 11.4. The fourth-order valence-electron chi connectivity index (χ4n) is 1.59. The normalized spacial score (nSPS) is 12.3. The monoisotopic (exact) mass is 259 g/mol. The third-order valence-electron chi connectivity index (χ3n) is 2.78. The molecule has 0 radical (unpaired) electrons. The predicted octanol–water partition coefficient (Wildman–Crippen LogP) is 3.05. The van der Waals surface area contributed by atoms with E-state index in [1.54, 1.807) is 24.2 Å². The van der Waals surface area contributed by atoms with Crippen LogP contribution < -0.4 is 5.32 Å². The molecular weight excluding hydrogens is 242 g/mol. The number of nitrogens with zero attached hydrogens (tertiary/aromatic N) is 2. The first-order valence-corrected chi connectivity index (χ1v) is 6.94. The van der Waals surface area contributed by atoms with Crippen LogP contribution in [0.4, 0.5) is 0 Å². The van der Waals surface area contributed by atoms with Gasteiger partial charge in [0.05, 0.1) is 5.75 Å². The number of hydrogen-bond acceptors (Lipinski definition) is 4. The lowest BCUT2D eigenvalue weighted by atomic mass is 10.1. The van der Waals surface area contributed by atoms with Gasteiger partial charge in [-0.05, 0) is 37.7 Å². The number of benzene rings is 1. The Kier molecular flexibility index (Phi) is 4.73. The van der Waals surface area contributed by atoms with Crippen molar-refractivity contribution >= 4 is 11.8 Å². The molecule has 1 aromatic heterocycles. The second-order valence-corrected chi connectivity index (χ2v) is 5.09. The first-order chi connectivity index (χ1) is 8.79. The van der Waals surface area contributed by atoms with E-state index >= 15 is 0 Å². The van der Waals surface area contributed by atoms with Crippen LogP contribution in [0.5, 0.6) is 0 Å². The highest BCUT2D eigenvalue weighted by molar-refractivity contribution is 7.98. The highest BCUT2D eigenvalue weighted by atomic mass is 32.2. The largest absolute Gasteiger partial charge is 0.313 e. The van der Waals surface area contributed by atoms with Crippen LogP contribution in [0.2, 0.25) is 0 Å². The Morgan fingerprint density at radius 1 is 1.22 bits per heavy atom. The lowest BCUT2D eigenvalue weighted by Gasteiger charge is -2.11. The summed E-state index contributed by atoms with van der Waals surface area (Å²) in [6.45, 7) is 2.16. The van der Waals surface area contributed by atoms with Crippen LogP contribution >= 0.6 is 11.8 Å². The Morgan fingerprint density at radius 3 is 2.72 bits per heavy atom. The van der Waals surface area contributed by atoms with Gasteiger partial charge in [-0.2, -0.15) is 0 Å². The average Bonchev–Trinajstić information content (AvgIpc) is 2.45. The van der Waals surface area contributed by atoms with Gasteiger partial charge in [-0.25, -0.2) is 9.97 Å². The van der Waals surface area contributed by atoms with E-state index in [2.05, 4.69) is 46.5 Å². The molecule has 0 saturated carbocycles. The maximum atomic E-state index is 4.22. The summed E-state index contributed by atoms with van der Waals surface area (Å²) < 4.78 is 0. The number of rotatable bonds is 5. The number of aromatic nitrogens is 2. The summed E-state index contributed by atoms with van der Waals surface area (Å²) in [6, 6.07) is 10.8. The van der Waals surface area contributed by atoms with Gasteiger partial charge in [-0.3, -0.25) is 0 Å². The SMILES string of the molecule is CNC(C)c1cccc(SCc2ncccn2)c1. The molecule has 0 saturated heterocycles. The molecule has 0 aliphatic rings. The van der Waals surface area contributed by atoms with Crippen LogP contribution in [0, 0.1) is 0 Å². The first kappa shape index (κ1) is 13.1. The summed E-state index contributed by atoms with van der Waals surface area (Å²) in [5.74, 6) is 1.67. The Hall–Kier alpha value is -1.39. The van der Waals surface area contributed by atoms with E-state index in [1.807, 2.05) is 13.1 Å². The van der Waals surface area contributed by atoms with Gasteiger partial charge in [-0.15, -0.1) is 11.8 Å². The van der Waals surface area contributed by atoms with Gasteiger partial charge in [0, 0.05) is 23.3 Å². The van der Waals surface area contributed by atoms with Crippen LogP contribution in [0.1, 0.15) is 24.4 Å². The fourth-order valence-corrected chi connectivity index (χ4v) is 2.43. The van der Waals surface area contributed by atoms with Crippen molar-refractivity contribution in [3.05, 3.63) is 54.1 Å². The molecule has 1 atom stereocenters. The molecule has 1 unspecified atom stereocenters. The number of thioether (sulfide) groups is 1. The van der Waals surface area contributed by atoms with Gasteiger partial charge in [0.2, 0.25) is 0 Å². The van der Waals surface area contributed by atoms with E-state index in [9.17, 15) is 0 Å². The van der Waals surface area contributed by atoms with Crippen LogP contribution in [-0.4, -0.2) is 17.0 Å². The molecule has 1 heterocycles. The molecule has 0 bridgehead atoms. The van der Waals surface area contributed by atoms with Crippen molar-refractivity contribution in [1.82, 2.24) is 15.3 Å². The van der Waals surface area contributed by atoms with Gasteiger partial charge in [0.25, 0.3) is 0 Å². The molecule has 0 aliphatic carbocycles. The standard InChI is InChI=1S/C14H17N3S/c1-11(15-2)12-5-3-6-13(9-12)18-10-14-16-7-4-8-17-14/h3-9,11,15H,10H2,1-2H3. The third kappa shape index (κ3) is 3.55. The minimum atomic E-state index is 0.374. The molecule has 94 valence electrons. The molecule has 0 amide bonds. The number of nitrogens with one attached hydrogen (secondary N) is 1. The second-order valence-electron chi connectivity index (χ2n) is 4.04. The topological polar surface area (TPSA) is 37.8 Å². The third-order valence-corrected chi connectivity index (χ3v) is 3.77. The smallest absolute Gasteiger partial charge is 0.138 e. The molecule has 0 spiro atoms. The van der Waals surface area contributed by atoms with Gasteiger partial charge in [0.15, 0.2) is 0 Å². The molecule has 1 N–H and O–H groups in total. The van der Waals surface area contributed by atoms with Crippen molar-refractivity contribution in [2.75, 3.05) is 7.05 Å². The Balaban J connectivity index is 2.01. The van der Waals surface area contributed by atoms with Crippen LogP contribution in [0.15, 0.2) is 47.6 Å². The molecule has 1 aromatic carbocycles. The summed E-state index contributed by atoms with van der Waals surface area (Å²) in [5, 5.41) is 3.25. The lowest BCUT2D eigenvalue weighted by molar-refractivity contribution is 0.651. The molecule has 0 fully saturated rings. The zero-order valence-electron chi connectivity index (χ0n) is 10.6. The average molecular weight is 259 g/mol. The van der Waals surface area contributed by atoms with Crippen LogP contribution in [0.3, 0.4) is 0 Å². The Morgan fingerprint density at radius 2 is 2.00 bits per heavy atom. The van der Waals surface area contributed by atoms with E-state index in [-0.39, 0.29) is 0 Å². The second kappa shape index (κ2) is 6.52. The Bertz CT molecular complexity index is 487. The van der Waals surface area contributed by atoms with E-state index < -0.39 is 0 Å². The van der Waals surface area contributed by atoms with Crippen molar-refractivity contribution in [2.24, 2.45) is 0 Å². The van der Waals surface area contributed by atoms with Crippen molar-refractivity contribution < 1.29 is 0 Å². The van der Waals surface area contributed by atoms with Crippen molar-refractivity contribution in [3.8, 4) is 0 Å². The zero-order chi connectivity index (χ0) is 12.8. The summed E-state index contributed by atoms with van der Waals surface area (Å²) in [4.78, 5) is 9.70. The molecule has 3 nitrogen and oxygen atoms in total. The quantitative estimate of drug-likeness (QED) is 0.838. The molecular formula is C14H17N3S. The van der Waals surface area contributed by atoms with E-state index in [0.717, 1.165) is 11.6 Å². The molecule has 0 aliphatic heterocycles. The Labute approximate surface area is 112 Å².